The van der Waals surface area contributed by atoms with E-state index in [0.29, 0.717) is 13.1 Å². The quantitative estimate of drug-likeness (QED) is 0.889. The van der Waals surface area contributed by atoms with Gasteiger partial charge in [0.15, 0.2) is 0 Å². The molecular weight excluding hydrogens is 316 g/mol. The molecule has 2 saturated heterocycles. The van der Waals surface area contributed by atoms with E-state index < -0.39 is 0 Å². The minimum absolute atomic E-state index is 0.0510. The first-order chi connectivity index (χ1) is 12.1. The lowest BCUT2D eigenvalue weighted by Crippen LogP contribution is -2.49. The van der Waals surface area contributed by atoms with Crippen LogP contribution in [-0.4, -0.2) is 67.3 Å². The molecule has 0 unspecified atom stereocenters. The number of likely N-dealkylation sites (tertiary alicyclic amines) is 2. The Morgan fingerprint density at radius 1 is 1.20 bits per heavy atom. The fourth-order valence-corrected chi connectivity index (χ4v) is 4.20. The topological polar surface area (TPSA) is 53.0 Å². The number of nitrogens with zero attached hydrogens (tertiary/aromatic N) is 2. The number of piperidine rings is 1. The Kier molecular flexibility index (Phi) is 5.64. The molecule has 25 heavy (non-hydrogen) atoms. The van der Waals surface area contributed by atoms with Crippen molar-refractivity contribution in [3.8, 4) is 5.75 Å². The highest BCUT2D eigenvalue weighted by molar-refractivity contribution is 5.96. The van der Waals surface area contributed by atoms with Gasteiger partial charge in [-0.2, -0.15) is 0 Å². The van der Waals surface area contributed by atoms with Gasteiger partial charge in [0, 0.05) is 36.2 Å². The van der Waals surface area contributed by atoms with E-state index in [2.05, 4.69) is 4.90 Å². The maximum absolute atomic E-state index is 12.9. The van der Waals surface area contributed by atoms with Crippen LogP contribution in [0.3, 0.4) is 0 Å². The summed E-state index contributed by atoms with van der Waals surface area (Å²) in [7, 11) is 1.63. The third-order valence-electron chi connectivity index (χ3n) is 5.94. The zero-order valence-corrected chi connectivity index (χ0v) is 15.5. The largest absolute Gasteiger partial charge is 0.496 e. The molecule has 1 amide bonds. The average Bonchev–Trinajstić information content (AvgIpc) is 3.15. The molecule has 0 radical (unpaired) electrons. The number of rotatable bonds is 5. The molecule has 2 aliphatic heterocycles. The van der Waals surface area contributed by atoms with E-state index in [0.717, 1.165) is 49.4 Å². The Balaban J connectivity index is 1.65. The second-order valence-electron chi connectivity index (χ2n) is 7.57. The van der Waals surface area contributed by atoms with E-state index in [-0.39, 0.29) is 17.9 Å². The van der Waals surface area contributed by atoms with Crippen LogP contribution >= 0.6 is 0 Å². The first-order valence-corrected chi connectivity index (χ1v) is 9.35. The second kappa shape index (κ2) is 7.75. The molecule has 5 nitrogen and oxygen atoms in total. The number of carbonyl (C=O) groups is 1. The fraction of sp³-hybridized carbons (Fsp3) is 0.650. The molecule has 2 aliphatic rings. The fourth-order valence-electron chi connectivity index (χ4n) is 4.20. The van der Waals surface area contributed by atoms with Crippen LogP contribution in [0.2, 0.25) is 0 Å². The molecular formula is C20H30N2O3. The number of aliphatic hydroxyl groups is 1. The summed E-state index contributed by atoms with van der Waals surface area (Å²) < 4.78 is 5.34. The molecule has 1 N–H and O–H groups in total. The normalized spacial score (nSPS) is 20.7. The third kappa shape index (κ3) is 3.82. The minimum Gasteiger partial charge on any atom is -0.496 e. The standard InChI is InChI=1S/C20H30N2O3/c1-16-17(6-5-7-18(16)25-2)19(24)22-12-8-20(15-23,9-13-22)14-21-10-3-4-11-21/h5-7,23H,3-4,8-15H2,1-2H3. The smallest absolute Gasteiger partial charge is 0.254 e. The predicted molar refractivity (Wildman–Crippen MR) is 98.1 cm³/mol. The summed E-state index contributed by atoms with van der Waals surface area (Å²) in [6, 6.07) is 5.63. The summed E-state index contributed by atoms with van der Waals surface area (Å²) in [5.74, 6) is 0.825. The Labute approximate surface area is 150 Å². The Bertz CT molecular complexity index is 603. The summed E-state index contributed by atoms with van der Waals surface area (Å²) >= 11 is 0. The van der Waals surface area contributed by atoms with Crippen LogP contribution in [0.5, 0.6) is 5.75 Å². The van der Waals surface area contributed by atoms with Crippen molar-refractivity contribution in [2.45, 2.75) is 32.6 Å². The van der Waals surface area contributed by atoms with Gasteiger partial charge in [-0.05, 0) is 57.8 Å². The van der Waals surface area contributed by atoms with Gasteiger partial charge in [-0.25, -0.2) is 0 Å². The van der Waals surface area contributed by atoms with Gasteiger partial charge in [0.2, 0.25) is 0 Å². The number of benzene rings is 1. The maximum Gasteiger partial charge on any atom is 0.254 e. The number of hydrogen-bond donors (Lipinski definition) is 1. The monoisotopic (exact) mass is 346 g/mol. The van der Waals surface area contributed by atoms with Crippen LogP contribution in [0.1, 0.15) is 41.6 Å². The van der Waals surface area contributed by atoms with E-state index in [1.165, 1.54) is 12.8 Å². The first-order valence-electron chi connectivity index (χ1n) is 9.35. The van der Waals surface area contributed by atoms with Crippen LogP contribution < -0.4 is 4.74 Å². The van der Waals surface area contributed by atoms with Gasteiger partial charge in [-0.3, -0.25) is 4.79 Å². The van der Waals surface area contributed by atoms with Crippen molar-refractivity contribution < 1.29 is 14.6 Å². The number of hydrogen-bond acceptors (Lipinski definition) is 4. The summed E-state index contributed by atoms with van der Waals surface area (Å²) in [6.07, 6.45) is 4.27. The highest BCUT2D eigenvalue weighted by atomic mass is 16.5. The molecule has 1 aromatic carbocycles. The molecule has 138 valence electrons. The van der Waals surface area contributed by atoms with E-state index in [1.807, 2.05) is 30.0 Å². The minimum atomic E-state index is -0.0510. The van der Waals surface area contributed by atoms with Crippen molar-refractivity contribution in [1.29, 1.82) is 0 Å². The molecule has 0 saturated carbocycles. The highest BCUT2D eigenvalue weighted by Crippen LogP contribution is 2.34. The maximum atomic E-state index is 12.9. The third-order valence-corrected chi connectivity index (χ3v) is 5.94. The zero-order chi connectivity index (χ0) is 17.9. The van der Waals surface area contributed by atoms with E-state index in [4.69, 9.17) is 4.74 Å². The molecule has 0 aliphatic carbocycles. The summed E-state index contributed by atoms with van der Waals surface area (Å²) in [5, 5.41) is 10.0. The number of aliphatic hydroxyl groups excluding tert-OH is 1. The highest BCUT2D eigenvalue weighted by Gasteiger charge is 2.37. The van der Waals surface area contributed by atoms with Gasteiger partial charge in [-0.1, -0.05) is 6.07 Å². The summed E-state index contributed by atoms with van der Waals surface area (Å²) in [4.78, 5) is 17.3. The molecule has 0 spiro atoms. The van der Waals surface area contributed by atoms with Gasteiger partial charge < -0.3 is 19.6 Å². The van der Waals surface area contributed by atoms with Crippen molar-refractivity contribution in [2.75, 3.05) is 46.4 Å². The Hall–Kier alpha value is -1.59. The van der Waals surface area contributed by atoms with E-state index in [1.54, 1.807) is 7.11 Å². The van der Waals surface area contributed by atoms with E-state index >= 15 is 0 Å². The SMILES string of the molecule is COc1cccc(C(=O)N2CCC(CO)(CN3CCCC3)CC2)c1C. The molecule has 0 atom stereocenters. The lowest BCUT2D eigenvalue weighted by molar-refractivity contribution is 0.0178. The molecule has 1 aromatic rings. The van der Waals surface area contributed by atoms with Crippen LogP contribution in [0.4, 0.5) is 0 Å². The average molecular weight is 346 g/mol. The molecule has 0 aromatic heterocycles. The van der Waals surface area contributed by atoms with Gasteiger partial charge in [0.1, 0.15) is 5.75 Å². The van der Waals surface area contributed by atoms with Crippen LogP contribution in [0, 0.1) is 12.3 Å². The van der Waals surface area contributed by atoms with Crippen molar-refractivity contribution in [2.24, 2.45) is 5.41 Å². The van der Waals surface area contributed by atoms with Gasteiger partial charge >= 0.3 is 0 Å². The lowest BCUT2D eigenvalue weighted by Gasteiger charge is -2.42. The summed E-state index contributed by atoms with van der Waals surface area (Å²) in [5.41, 5.74) is 1.56. The Morgan fingerprint density at radius 2 is 1.88 bits per heavy atom. The first kappa shape index (κ1) is 18.2. The van der Waals surface area contributed by atoms with Crippen LogP contribution in [0.25, 0.3) is 0 Å². The van der Waals surface area contributed by atoms with Gasteiger partial charge in [-0.15, -0.1) is 0 Å². The zero-order valence-electron chi connectivity index (χ0n) is 15.5. The van der Waals surface area contributed by atoms with Crippen molar-refractivity contribution >= 4 is 5.91 Å². The lowest BCUT2D eigenvalue weighted by atomic mass is 9.78. The predicted octanol–water partition coefficient (Wildman–Crippen LogP) is 2.31. The number of ether oxygens (including phenoxy) is 1. The Morgan fingerprint density at radius 3 is 2.48 bits per heavy atom. The number of methoxy groups -OCH3 is 1. The van der Waals surface area contributed by atoms with Crippen molar-refractivity contribution in [3.63, 3.8) is 0 Å². The number of carbonyl (C=O) groups excluding carboxylic acids is 1. The van der Waals surface area contributed by atoms with Crippen LogP contribution in [0.15, 0.2) is 18.2 Å². The molecule has 0 bridgehead atoms. The van der Waals surface area contributed by atoms with Gasteiger partial charge in [0.05, 0.1) is 13.7 Å². The van der Waals surface area contributed by atoms with Gasteiger partial charge in [0.25, 0.3) is 5.91 Å². The molecule has 5 heteroatoms. The van der Waals surface area contributed by atoms with Crippen molar-refractivity contribution in [1.82, 2.24) is 9.80 Å². The summed E-state index contributed by atoms with van der Waals surface area (Å²) in [6.45, 7) is 6.82. The van der Waals surface area contributed by atoms with E-state index in [9.17, 15) is 9.90 Å². The number of amides is 1. The molecule has 2 heterocycles. The second-order valence-corrected chi connectivity index (χ2v) is 7.57. The molecule has 2 fully saturated rings. The van der Waals surface area contributed by atoms with Crippen LogP contribution in [-0.2, 0) is 0 Å². The molecule has 3 rings (SSSR count). The van der Waals surface area contributed by atoms with Crippen molar-refractivity contribution in [3.05, 3.63) is 29.3 Å².